The normalized spacial score (nSPS) is 16.0. The first-order chi connectivity index (χ1) is 11.1. The van der Waals surface area contributed by atoms with Crippen LogP contribution in [0, 0.1) is 18.3 Å². The Morgan fingerprint density at radius 2 is 1.91 bits per heavy atom. The second-order valence-corrected chi connectivity index (χ2v) is 7.17. The quantitative estimate of drug-likeness (QED) is 0.442. The molecule has 1 aromatic carbocycles. The second kappa shape index (κ2) is 6.45. The molecule has 1 aromatic heterocycles. The second-order valence-electron chi connectivity index (χ2n) is 5.04. The molecule has 0 bridgehead atoms. The number of nitriles is 1. The topological polar surface area (TPSA) is 50.1 Å². The van der Waals surface area contributed by atoms with E-state index in [4.69, 9.17) is 4.74 Å². The van der Waals surface area contributed by atoms with Crippen molar-refractivity contribution < 1.29 is 9.53 Å². The lowest BCUT2D eigenvalue weighted by molar-refractivity contribution is 0.103. The number of carbonyl (C=O) groups is 1. The van der Waals surface area contributed by atoms with Gasteiger partial charge in [-0.05, 0) is 25.3 Å². The van der Waals surface area contributed by atoms with Gasteiger partial charge in [0.2, 0.25) is 5.78 Å². The van der Waals surface area contributed by atoms with Crippen LogP contribution in [-0.4, -0.2) is 5.78 Å². The molecule has 5 heteroatoms. The number of hydrogen-bond acceptors (Lipinski definition) is 5. The largest absolute Gasteiger partial charge is 0.447 e. The summed E-state index contributed by atoms with van der Waals surface area (Å²) in [6, 6.07) is 13.5. The molecule has 0 saturated heterocycles. The van der Waals surface area contributed by atoms with Crippen molar-refractivity contribution in [3.05, 3.63) is 73.4 Å². The summed E-state index contributed by atoms with van der Waals surface area (Å²) in [5.74, 6) is 0.416. The number of benzene rings is 1. The molecule has 114 valence electrons. The number of ether oxygens (including phenoxy) is 1. The van der Waals surface area contributed by atoms with Crippen LogP contribution < -0.4 is 0 Å². The molecule has 3 nitrogen and oxygen atoms in total. The van der Waals surface area contributed by atoms with Crippen LogP contribution in [0.2, 0.25) is 0 Å². The molecule has 23 heavy (non-hydrogen) atoms. The minimum absolute atomic E-state index is 0.0545. The molecular formula is C18H13NO2S2. The number of thioether (sulfide) groups is 1. The summed E-state index contributed by atoms with van der Waals surface area (Å²) in [5, 5.41) is 11.6. The summed E-state index contributed by atoms with van der Waals surface area (Å²) in [7, 11) is 0. The number of hydrogen-bond donors (Lipinski definition) is 0. The highest BCUT2D eigenvalue weighted by Crippen LogP contribution is 2.44. The number of rotatable bonds is 3. The minimum Gasteiger partial charge on any atom is -0.447 e. The number of aryl methyl sites for hydroxylation is 1. The number of ketones is 1. The van der Waals surface area contributed by atoms with Gasteiger partial charge < -0.3 is 4.74 Å². The number of nitrogens with zero attached hydrogens (tertiary/aromatic N) is 1. The van der Waals surface area contributed by atoms with Gasteiger partial charge in [-0.2, -0.15) is 5.26 Å². The van der Waals surface area contributed by atoms with E-state index in [9.17, 15) is 10.1 Å². The van der Waals surface area contributed by atoms with Gasteiger partial charge in [0.05, 0.1) is 4.88 Å². The van der Waals surface area contributed by atoms with Crippen LogP contribution >= 0.6 is 23.1 Å². The van der Waals surface area contributed by atoms with E-state index in [2.05, 4.69) is 0 Å². The van der Waals surface area contributed by atoms with Gasteiger partial charge >= 0.3 is 0 Å². The molecule has 0 spiro atoms. The van der Waals surface area contributed by atoms with Crippen molar-refractivity contribution in [3.8, 4) is 6.07 Å². The third-order valence-corrected chi connectivity index (χ3v) is 5.20. The van der Waals surface area contributed by atoms with Crippen LogP contribution in [0.3, 0.4) is 0 Å². The van der Waals surface area contributed by atoms with Crippen LogP contribution in [0.25, 0.3) is 5.76 Å². The predicted molar refractivity (Wildman–Crippen MR) is 93.7 cm³/mol. The minimum atomic E-state index is -0.289. The van der Waals surface area contributed by atoms with E-state index in [1.807, 2.05) is 49.6 Å². The van der Waals surface area contributed by atoms with Gasteiger partial charge in [-0.3, -0.25) is 4.79 Å². The van der Waals surface area contributed by atoms with E-state index in [-0.39, 0.29) is 11.4 Å². The molecular weight excluding hydrogens is 326 g/mol. The Bertz CT molecular complexity index is 853. The van der Waals surface area contributed by atoms with Crippen molar-refractivity contribution in [1.82, 2.24) is 0 Å². The van der Waals surface area contributed by atoms with Crippen molar-refractivity contribution in [2.75, 3.05) is 0 Å². The molecule has 0 saturated carbocycles. The Kier molecular flexibility index (Phi) is 4.37. The SMILES string of the molecule is CC1=C(c2ccc(C)cc2)O/C(=C(\C#N)C(=O)c2cccs2)S1. The zero-order valence-corrected chi connectivity index (χ0v) is 14.3. The Morgan fingerprint density at radius 1 is 1.17 bits per heavy atom. The summed E-state index contributed by atoms with van der Waals surface area (Å²) in [6.45, 7) is 3.95. The fraction of sp³-hybridized carbons (Fsp3) is 0.111. The number of carbonyl (C=O) groups excluding carboxylic acids is 1. The molecule has 0 fully saturated rings. The standard InChI is InChI=1S/C18H13NO2S2/c1-11-5-7-13(8-6-11)17-12(2)23-18(21-17)14(10-19)16(20)15-4-3-9-22-15/h3-9H,1-2H3/b18-14-. The van der Waals surface area contributed by atoms with Gasteiger partial charge in [0, 0.05) is 10.5 Å². The lowest BCUT2D eigenvalue weighted by Gasteiger charge is -2.06. The molecule has 3 rings (SSSR count). The summed E-state index contributed by atoms with van der Waals surface area (Å²) in [4.78, 5) is 13.9. The summed E-state index contributed by atoms with van der Waals surface area (Å²) < 4.78 is 5.86. The number of thiophene rings is 1. The average molecular weight is 339 g/mol. The van der Waals surface area contributed by atoms with E-state index in [1.165, 1.54) is 28.7 Å². The maximum absolute atomic E-state index is 12.4. The van der Waals surface area contributed by atoms with Gasteiger partial charge in [-0.15, -0.1) is 11.3 Å². The summed E-state index contributed by atoms with van der Waals surface area (Å²) >= 11 is 2.65. The molecule has 0 atom stereocenters. The summed E-state index contributed by atoms with van der Waals surface area (Å²) in [5.41, 5.74) is 2.16. The van der Waals surface area contributed by atoms with Gasteiger partial charge in [-0.25, -0.2) is 0 Å². The highest BCUT2D eigenvalue weighted by molar-refractivity contribution is 8.07. The van der Waals surface area contributed by atoms with Crippen molar-refractivity contribution in [1.29, 1.82) is 5.26 Å². The molecule has 2 heterocycles. The van der Waals surface area contributed by atoms with E-state index in [0.29, 0.717) is 15.7 Å². The highest BCUT2D eigenvalue weighted by Gasteiger charge is 2.27. The average Bonchev–Trinajstić information content (AvgIpc) is 3.19. The van der Waals surface area contributed by atoms with Crippen LogP contribution in [0.4, 0.5) is 0 Å². The number of Topliss-reactive ketones (excluding diaryl/α,β-unsaturated/α-hetero) is 1. The summed E-state index contributed by atoms with van der Waals surface area (Å²) in [6.07, 6.45) is 0. The van der Waals surface area contributed by atoms with Crippen molar-refractivity contribution >= 4 is 34.6 Å². The van der Waals surface area contributed by atoms with E-state index in [0.717, 1.165) is 10.5 Å². The van der Waals surface area contributed by atoms with Gasteiger partial charge in [0.15, 0.2) is 10.7 Å². The predicted octanol–water partition coefficient (Wildman–Crippen LogP) is 5.13. The van der Waals surface area contributed by atoms with Crippen molar-refractivity contribution in [2.45, 2.75) is 13.8 Å². The van der Waals surface area contributed by atoms with E-state index in [1.54, 1.807) is 12.1 Å². The third-order valence-electron chi connectivity index (χ3n) is 3.36. The smallest absolute Gasteiger partial charge is 0.217 e. The Balaban J connectivity index is 1.93. The Labute approximate surface area is 142 Å². The molecule has 0 N–H and O–H groups in total. The Hall–Kier alpha value is -2.29. The highest BCUT2D eigenvalue weighted by atomic mass is 32.2. The molecule has 0 aliphatic carbocycles. The van der Waals surface area contributed by atoms with Gasteiger partial charge in [-0.1, -0.05) is 47.7 Å². The monoisotopic (exact) mass is 339 g/mol. The van der Waals surface area contributed by atoms with Gasteiger partial charge in [0.1, 0.15) is 11.8 Å². The van der Waals surface area contributed by atoms with Crippen molar-refractivity contribution in [2.24, 2.45) is 0 Å². The molecule has 0 unspecified atom stereocenters. The number of allylic oxidation sites excluding steroid dienone is 2. The maximum Gasteiger partial charge on any atom is 0.217 e. The molecule has 2 aromatic rings. The maximum atomic E-state index is 12.4. The third kappa shape index (κ3) is 3.09. The molecule has 1 aliphatic rings. The first kappa shape index (κ1) is 15.6. The lowest BCUT2D eigenvalue weighted by Crippen LogP contribution is -2.02. The van der Waals surface area contributed by atoms with Crippen molar-refractivity contribution in [3.63, 3.8) is 0 Å². The fourth-order valence-corrected chi connectivity index (χ4v) is 3.73. The fourth-order valence-electron chi connectivity index (χ4n) is 2.16. The van der Waals surface area contributed by atoms with E-state index >= 15 is 0 Å². The first-order valence-electron chi connectivity index (χ1n) is 6.96. The molecule has 0 radical (unpaired) electrons. The first-order valence-corrected chi connectivity index (χ1v) is 8.66. The molecule has 1 aliphatic heterocycles. The van der Waals surface area contributed by atoms with Crippen LogP contribution in [0.15, 0.2) is 57.3 Å². The van der Waals surface area contributed by atoms with Crippen LogP contribution in [0.5, 0.6) is 0 Å². The lowest BCUT2D eigenvalue weighted by atomic mass is 10.1. The zero-order chi connectivity index (χ0) is 16.4. The van der Waals surface area contributed by atoms with Crippen LogP contribution in [-0.2, 0) is 4.74 Å². The Morgan fingerprint density at radius 3 is 2.52 bits per heavy atom. The van der Waals surface area contributed by atoms with E-state index < -0.39 is 0 Å². The molecule has 0 amide bonds. The van der Waals surface area contributed by atoms with Crippen LogP contribution in [0.1, 0.15) is 27.7 Å². The van der Waals surface area contributed by atoms with Gasteiger partial charge in [0.25, 0.3) is 0 Å². The zero-order valence-electron chi connectivity index (χ0n) is 12.6.